The van der Waals surface area contributed by atoms with Crippen molar-refractivity contribution in [3.63, 3.8) is 0 Å². The van der Waals surface area contributed by atoms with E-state index in [0.717, 1.165) is 5.56 Å². The minimum absolute atomic E-state index is 0.345. The molecule has 0 radical (unpaired) electrons. The van der Waals surface area contributed by atoms with Gasteiger partial charge in [-0.15, -0.1) is 11.3 Å². The topological polar surface area (TPSA) is 60.5 Å². The van der Waals surface area contributed by atoms with E-state index in [9.17, 15) is 9.18 Å². The van der Waals surface area contributed by atoms with E-state index >= 15 is 0 Å². The molecule has 0 unspecified atom stereocenters. The summed E-state index contributed by atoms with van der Waals surface area (Å²) in [5.74, 6) is 0.461. The first-order chi connectivity index (χ1) is 13.1. The van der Waals surface area contributed by atoms with Crippen LogP contribution in [0.5, 0.6) is 11.5 Å². The maximum Gasteiger partial charge on any atom is 0.250 e. The number of aromatic nitrogens is 1. The zero-order valence-electron chi connectivity index (χ0n) is 14.7. The van der Waals surface area contributed by atoms with Gasteiger partial charge in [-0.25, -0.2) is 9.37 Å². The number of rotatable bonds is 6. The molecule has 1 amide bonds. The van der Waals surface area contributed by atoms with Crippen molar-refractivity contribution < 1.29 is 18.7 Å². The number of hydrogen-bond acceptors (Lipinski definition) is 5. The largest absolute Gasteiger partial charge is 0.493 e. The molecule has 0 atom stereocenters. The molecular weight excluding hydrogens is 367 g/mol. The summed E-state index contributed by atoms with van der Waals surface area (Å²) in [6.07, 6.45) is 2.70. The number of methoxy groups -OCH3 is 2. The Morgan fingerprint density at radius 1 is 1.15 bits per heavy atom. The third-order valence-corrected chi connectivity index (χ3v) is 4.49. The molecule has 0 spiro atoms. The number of benzene rings is 2. The summed E-state index contributed by atoms with van der Waals surface area (Å²) in [7, 11) is 3.14. The molecular formula is C20H17FN2O3S. The number of hydrogen-bond donors (Lipinski definition) is 1. The van der Waals surface area contributed by atoms with Crippen LogP contribution in [-0.4, -0.2) is 25.1 Å². The van der Waals surface area contributed by atoms with Crippen LogP contribution in [0.2, 0.25) is 0 Å². The van der Waals surface area contributed by atoms with Crippen molar-refractivity contribution >= 4 is 28.5 Å². The predicted octanol–water partition coefficient (Wildman–Crippen LogP) is 4.62. The van der Waals surface area contributed by atoms with Crippen molar-refractivity contribution in [2.24, 2.45) is 0 Å². The lowest BCUT2D eigenvalue weighted by atomic mass is 10.1. The van der Waals surface area contributed by atoms with Gasteiger partial charge in [0.1, 0.15) is 5.82 Å². The van der Waals surface area contributed by atoms with Crippen molar-refractivity contribution in [3.8, 4) is 22.8 Å². The van der Waals surface area contributed by atoms with Crippen LogP contribution in [-0.2, 0) is 4.79 Å². The van der Waals surface area contributed by atoms with E-state index in [1.165, 1.54) is 29.6 Å². The Morgan fingerprint density at radius 3 is 2.67 bits per heavy atom. The van der Waals surface area contributed by atoms with Gasteiger partial charge in [-0.2, -0.15) is 0 Å². The molecule has 5 nitrogen and oxygen atoms in total. The zero-order valence-corrected chi connectivity index (χ0v) is 15.5. The van der Waals surface area contributed by atoms with E-state index in [-0.39, 0.29) is 11.7 Å². The molecule has 1 aromatic heterocycles. The maximum absolute atomic E-state index is 13.6. The van der Waals surface area contributed by atoms with Crippen molar-refractivity contribution in [1.82, 2.24) is 4.98 Å². The quantitative estimate of drug-likeness (QED) is 0.630. The summed E-state index contributed by atoms with van der Waals surface area (Å²) in [6.45, 7) is 0. The molecule has 138 valence electrons. The Labute approximate surface area is 160 Å². The van der Waals surface area contributed by atoms with Gasteiger partial charge in [0.15, 0.2) is 16.6 Å². The fraction of sp³-hybridized carbons (Fsp3) is 0.100. The Hall–Kier alpha value is -3.19. The maximum atomic E-state index is 13.6. The van der Waals surface area contributed by atoms with E-state index < -0.39 is 0 Å². The molecule has 1 heterocycles. The third-order valence-electron chi connectivity index (χ3n) is 3.73. The lowest BCUT2D eigenvalue weighted by Gasteiger charge is -2.08. The van der Waals surface area contributed by atoms with E-state index in [1.807, 2.05) is 17.5 Å². The molecule has 27 heavy (non-hydrogen) atoms. The Balaban J connectivity index is 1.71. The van der Waals surface area contributed by atoms with Crippen molar-refractivity contribution in [2.45, 2.75) is 0 Å². The van der Waals surface area contributed by atoms with Crippen LogP contribution in [0.3, 0.4) is 0 Å². The lowest BCUT2D eigenvalue weighted by Crippen LogP contribution is -2.07. The van der Waals surface area contributed by atoms with Gasteiger partial charge in [-0.1, -0.05) is 18.2 Å². The second-order valence-corrected chi connectivity index (χ2v) is 6.31. The number of carbonyl (C=O) groups excluding carboxylic acids is 1. The number of carbonyl (C=O) groups is 1. The third kappa shape index (κ3) is 4.51. The second kappa shape index (κ2) is 8.46. The van der Waals surface area contributed by atoms with Crippen molar-refractivity contribution in [2.75, 3.05) is 19.5 Å². The van der Waals surface area contributed by atoms with E-state index in [2.05, 4.69) is 10.3 Å². The first-order valence-corrected chi connectivity index (χ1v) is 8.90. The summed E-state index contributed by atoms with van der Waals surface area (Å²) in [5, 5.41) is 4.95. The van der Waals surface area contributed by atoms with Crippen LogP contribution < -0.4 is 14.8 Å². The monoisotopic (exact) mass is 384 g/mol. The summed E-state index contributed by atoms with van der Waals surface area (Å²) in [5.41, 5.74) is 1.89. The Bertz CT molecular complexity index is 985. The first-order valence-electron chi connectivity index (χ1n) is 8.02. The molecule has 0 fully saturated rings. The molecule has 0 aliphatic carbocycles. The van der Waals surface area contributed by atoms with Gasteiger partial charge in [0, 0.05) is 22.6 Å². The minimum Gasteiger partial charge on any atom is -0.493 e. The molecule has 0 aliphatic rings. The average Bonchev–Trinajstić information content (AvgIpc) is 3.15. The standard InChI is InChI=1S/C20H17FN2O3S/c1-25-17-9-7-14(11-18(17)26-2)16-12-27-20(22-16)23-19(24)10-8-13-5-3-4-6-15(13)21/h3-12H,1-2H3,(H,22,23,24)/b10-8+. The van der Waals surface area contributed by atoms with Crippen LogP contribution in [0.1, 0.15) is 5.56 Å². The molecule has 0 bridgehead atoms. The zero-order chi connectivity index (χ0) is 19.2. The van der Waals surface area contributed by atoms with E-state index in [1.54, 1.807) is 38.5 Å². The Kier molecular flexibility index (Phi) is 5.83. The van der Waals surface area contributed by atoms with Crippen LogP contribution in [0.25, 0.3) is 17.3 Å². The van der Waals surface area contributed by atoms with Gasteiger partial charge in [0.05, 0.1) is 19.9 Å². The molecule has 7 heteroatoms. The highest BCUT2D eigenvalue weighted by atomic mass is 32.1. The van der Waals surface area contributed by atoms with Crippen LogP contribution in [0, 0.1) is 5.82 Å². The number of amides is 1. The SMILES string of the molecule is COc1ccc(-c2csc(NC(=O)/C=C/c3ccccc3F)n2)cc1OC. The van der Waals surface area contributed by atoms with Crippen LogP contribution in [0.15, 0.2) is 53.9 Å². The number of nitrogens with one attached hydrogen (secondary N) is 1. The lowest BCUT2D eigenvalue weighted by molar-refractivity contribution is -0.111. The molecule has 1 N–H and O–H groups in total. The summed E-state index contributed by atoms with van der Waals surface area (Å²) < 4.78 is 24.1. The number of nitrogens with zero attached hydrogens (tertiary/aromatic N) is 1. The summed E-state index contributed by atoms with van der Waals surface area (Å²) >= 11 is 1.30. The van der Waals surface area contributed by atoms with Crippen molar-refractivity contribution in [1.29, 1.82) is 0 Å². The van der Waals surface area contributed by atoms with Gasteiger partial charge in [-0.3, -0.25) is 10.1 Å². The van der Waals surface area contributed by atoms with Crippen molar-refractivity contribution in [3.05, 3.63) is 65.3 Å². The molecule has 0 saturated carbocycles. The highest BCUT2D eigenvalue weighted by Gasteiger charge is 2.10. The summed E-state index contributed by atoms with van der Waals surface area (Å²) in [4.78, 5) is 16.4. The molecule has 3 rings (SSSR count). The number of halogens is 1. The minimum atomic E-state index is -0.383. The van der Waals surface area contributed by atoms with E-state index in [4.69, 9.17) is 9.47 Å². The number of ether oxygens (including phenoxy) is 2. The average molecular weight is 384 g/mol. The summed E-state index contributed by atoms with van der Waals surface area (Å²) in [6, 6.07) is 11.7. The van der Waals surface area contributed by atoms with Crippen LogP contribution >= 0.6 is 11.3 Å². The molecule has 2 aromatic carbocycles. The van der Waals surface area contributed by atoms with Gasteiger partial charge in [0.2, 0.25) is 5.91 Å². The van der Waals surface area contributed by atoms with Crippen LogP contribution in [0.4, 0.5) is 9.52 Å². The predicted molar refractivity (Wildman–Crippen MR) is 105 cm³/mol. The number of anilines is 1. The highest BCUT2D eigenvalue weighted by molar-refractivity contribution is 7.14. The molecule has 0 saturated heterocycles. The highest BCUT2D eigenvalue weighted by Crippen LogP contribution is 2.33. The second-order valence-electron chi connectivity index (χ2n) is 5.45. The first kappa shape index (κ1) is 18.6. The van der Waals surface area contributed by atoms with Gasteiger partial charge >= 0.3 is 0 Å². The fourth-order valence-corrected chi connectivity index (χ4v) is 3.10. The Morgan fingerprint density at radius 2 is 1.93 bits per heavy atom. The smallest absolute Gasteiger partial charge is 0.250 e. The molecule has 3 aromatic rings. The number of thiazole rings is 1. The fourth-order valence-electron chi connectivity index (χ4n) is 2.38. The van der Waals surface area contributed by atoms with E-state index in [0.29, 0.717) is 27.9 Å². The molecule has 0 aliphatic heterocycles. The van der Waals surface area contributed by atoms with Gasteiger partial charge in [-0.05, 0) is 30.3 Å². The normalized spacial score (nSPS) is 10.8. The van der Waals surface area contributed by atoms with Gasteiger partial charge in [0.25, 0.3) is 0 Å². The van der Waals surface area contributed by atoms with Gasteiger partial charge < -0.3 is 9.47 Å².